The van der Waals surface area contributed by atoms with Crippen molar-refractivity contribution in [3.8, 4) is 11.6 Å². The number of methoxy groups -OCH3 is 1. The summed E-state index contributed by atoms with van der Waals surface area (Å²) in [5.74, 6) is -2.40. The molecule has 0 spiro atoms. The molecule has 19 heavy (non-hydrogen) atoms. The van der Waals surface area contributed by atoms with E-state index in [-0.39, 0.29) is 12.5 Å². The van der Waals surface area contributed by atoms with Gasteiger partial charge in [0, 0.05) is 6.20 Å². The molecule has 0 fully saturated rings. The summed E-state index contributed by atoms with van der Waals surface area (Å²) in [6, 6.07) is 0. The van der Waals surface area contributed by atoms with E-state index in [1.807, 2.05) is 0 Å². The van der Waals surface area contributed by atoms with Gasteiger partial charge in [-0.2, -0.15) is 13.2 Å². The van der Waals surface area contributed by atoms with Crippen LogP contribution >= 0.6 is 0 Å². The zero-order valence-electron chi connectivity index (χ0n) is 9.09. The first-order valence-electron chi connectivity index (χ1n) is 4.45. The summed E-state index contributed by atoms with van der Waals surface area (Å²) in [6.07, 6.45) is -10.7. The zero-order chi connectivity index (χ0) is 14.8. The van der Waals surface area contributed by atoms with Crippen LogP contribution in [0.4, 0.5) is 26.3 Å². The van der Waals surface area contributed by atoms with Crippen LogP contribution in [-0.4, -0.2) is 24.7 Å². The van der Waals surface area contributed by atoms with E-state index in [2.05, 4.69) is 14.5 Å². The Balaban J connectivity index is 3.54. The molecular formula is C9H5F6NO3. The Kier molecular flexibility index (Phi) is 3.91. The number of halogens is 6. The first-order chi connectivity index (χ1) is 8.60. The number of aldehydes is 1. The molecule has 0 N–H and O–H groups in total. The molecule has 106 valence electrons. The molecule has 1 rings (SSSR count). The number of alkyl halides is 6. The second-order valence-corrected chi connectivity index (χ2v) is 3.09. The average Bonchev–Trinajstić information content (AvgIpc) is 2.24. The predicted octanol–water partition coefficient (Wildman–Crippen LogP) is 2.82. The average molecular weight is 289 g/mol. The first-order valence-corrected chi connectivity index (χ1v) is 4.45. The van der Waals surface area contributed by atoms with Crippen LogP contribution in [0.25, 0.3) is 0 Å². The SMILES string of the molecule is COc1ncc(C(F)(F)F)c(OC(F)(F)F)c1C=O. The van der Waals surface area contributed by atoms with Gasteiger partial charge < -0.3 is 9.47 Å². The maximum absolute atomic E-state index is 12.5. The molecule has 4 nitrogen and oxygen atoms in total. The lowest BCUT2D eigenvalue weighted by atomic mass is 10.1. The second-order valence-electron chi connectivity index (χ2n) is 3.09. The largest absolute Gasteiger partial charge is 0.573 e. The number of carbonyl (C=O) groups is 1. The molecule has 1 aromatic rings. The van der Waals surface area contributed by atoms with Gasteiger partial charge in [0.25, 0.3) is 0 Å². The summed E-state index contributed by atoms with van der Waals surface area (Å²) in [7, 11) is 0.931. The number of nitrogens with zero attached hydrogens (tertiary/aromatic N) is 1. The van der Waals surface area contributed by atoms with Crippen molar-refractivity contribution in [1.29, 1.82) is 0 Å². The Morgan fingerprint density at radius 1 is 1.21 bits per heavy atom. The second kappa shape index (κ2) is 4.94. The highest BCUT2D eigenvalue weighted by Crippen LogP contribution is 2.41. The molecule has 0 radical (unpaired) electrons. The van der Waals surface area contributed by atoms with Crippen LogP contribution in [0, 0.1) is 0 Å². The van der Waals surface area contributed by atoms with Crippen molar-refractivity contribution in [3.63, 3.8) is 0 Å². The van der Waals surface area contributed by atoms with Crippen molar-refractivity contribution in [2.45, 2.75) is 12.5 Å². The van der Waals surface area contributed by atoms with Crippen LogP contribution in [0.15, 0.2) is 6.20 Å². The molecule has 0 unspecified atom stereocenters. The fourth-order valence-electron chi connectivity index (χ4n) is 1.19. The molecule has 0 aromatic carbocycles. The highest BCUT2D eigenvalue weighted by Gasteiger charge is 2.42. The van der Waals surface area contributed by atoms with Crippen LogP contribution in [-0.2, 0) is 6.18 Å². The molecule has 10 heteroatoms. The molecule has 0 amide bonds. The lowest BCUT2D eigenvalue weighted by Gasteiger charge is -2.17. The van der Waals surface area contributed by atoms with Crippen LogP contribution in [0.1, 0.15) is 15.9 Å². The maximum Gasteiger partial charge on any atom is 0.573 e. The Labute approximate surface area is 101 Å². The van der Waals surface area contributed by atoms with Gasteiger partial charge in [0.05, 0.1) is 7.11 Å². The molecule has 0 saturated carbocycles. The first kappa shape index (κ1) is 15.1. The fourth-order valence-corrected chi connectivity index (χ4v) is 1.19. The monoisotopic (exact) mass is 289 g/mol. The molecule has 0 saturated heterocycles. The summed E-state index contributed by atoms with van der Waals surface area (Å²) in [5.41, 5.74) is -2.90. The van der Waals surface area contributed by atoms with E-state index in [1.165, 1.54) is 0 Å². The van der Waals surface area contributed by atoms with E-state index in [0.29, 0.717) is 0 Å². The molecular weight excluding hydrogens is 284 g/mol. The summed E-state index contributed by atoms with van der Waals surface area (Å²) in [5, 5.41) is 0. The number of pyridine rings is 1. The summed E-state index contributed by atoms with van der Waals surface area (Å²) < 4.78 is 81.5. The van der Waals surface area contributed by atoms with Crippen molar-refractivity contribution in [3.05, 3.63) is 17.3 Å². The standard InChI is InChI=1S/C9H5F6NO3/c1-18-7-4(3-17)6(19-9(13,14)15)5(2-16-7)8(10,11)12/h2-3H,1H3. The third-order valence-corrected chi connectivity index (χ3v) is 1.86. The van der Waals surface area contributed by atoms with Crippen molar-refractivity contribution >= 4 is 6.29 Å². The summed E-state index contributed by atoms with van der Waals surface area (Å²) in [6.45, 7) is 0. The fraction of sp³-hybridized carbons (Fsp3) is 0.333. The number of hydrogen-bond acceptors (Lipinski definition) is 4. The van der Waals surface area contributed by atoms with Gasteiger partial charge in [-0.25, -0.2) is 4.98 Å². The van der Waals surface area contributed by atoms with E-state index in [4.69, 9.17) is 0 Å². The number of ether oxygens (including phenoxy) is 2. The van der Waals surface area contributed by atoms with E-state index in [1.54, 1.807) is 0 Å². The molecule has 0 bridgehead atoms. The molecule has 0 aliphatic carbocycles. The highest BCUT2D eigenvalue weighted by molar-refractivity contribution is 5.83. The van der Waals surface area contributed by atoms with Crippen molar-refractivity contribution in [2.24, 2.45) is 0 Å². The molecule has 0 aliphatic rings. The normalized spacial score (nSPS) is 12.2. The van der Waals surface area contributed by atoms with Gasteiger partial charge >= 0.3 is 12.5 Å². The smallest absolute Gasteiger partial charge is 0.480 e. The van der Waals surface area contributed by atoms with E-state index >= 15 is 0 Å². The highest BCUT2D eigenvalue weighted by atomic mass is 19.4. The third kappa shape index (κ3) is 3.48. The van der Waals surface area contributed by atoms with E-state index in [0.717, 1.165) is 7.11 Å². The van der Waals surface area contributed by atoms with Gasteiger partial charge in [0.2, 0.25) is 5.88 Å². The van der Waals surface area contributed by atoms with Gasteiger partial charge in [-0.05, 0) is 0 Å². The van der Waals surface area contributed by atoms with Gasteiger partial charge in [0.15, 0.2) is 12.0 Å². The van der Waals surface area contributed by atoms with Crippen LogP contribution in [0.2, 0.25) is 0 Å². The van der Waals surface area contributed by atoms with Crippen molar-refractivity contribution < 1.29 is 40.6 Å². The summed E-state index contributed by atoms with van der Waals surface area (Å²) in [4.78, 5) is 13.7. The number of hydrogen-bond donors (Lipinski definition) is 0. The topological polar surface area (TPSA) is 48.4 Å². The predicted molar refractivity (Wildman–Crippen MR) is 47.9 cm³/mol. The minimum Gasteiger partial charge on any atom is -0.480 e. The van der Waals surface area contributed by atoms with Gasteiger partial charge in [0.1, 0.15) is 11.1 Å². The molecule has 1 heterocycles. The number of rotatable bonds is 3. The van der Waals surface area contributed by atoms with Gasteiger partial charge in [-0.15, -0.1) is 13.2 Å². The number of carbonyl (C=O) groups excluding carboxylic acids is 1. The van der Waals surface area contributed by atoms with Crippen molar-refractivity contribution in [1.82, 2.24) is 4.98 Å². The van der Waals surface area contributed by atoms with Crippen LogP contribution < -0.4 is 9.47 Å². The van der Waals surface area contributed by atoms with Gasteiger partial charge in [-0.1, -0.05) is 0 Å². The molecule has 1 aromatic heterocycles. The van der Waals surface area contributed by atoms with Crippen LogP contribution in [0.5, 0.6) is 11.6 Å². The Morgan fingerprint density at radius 3 is 2.16 bits per heavy atom. The minimum atomic E-state index is -5.40. The third-order valence-electron chi connectivity index (χ3n) is 1.86. The molecule has 0 aliphatic heterocycles. The lowest BCUT2D eigenvalue weighted by molar-refractivity contribution is -0.276. The van der Waals surface area contributed by atoms with Crippen molar-refractivity contribution in [2.75, 3.05) is 7.11 Å². The maximum atomic E-state index is 12.5. The quantitative estimate of drug-likeness (QED) is 0.634. The summed E-state index contributed by atoms with van der Waals surface area (Å²) >= 11 is 0. The Hall–Kier alpha value is -2.00. The lowest BCUT2D eigenvalue weighted by Crippen LogP contribution is -2.22. The number of aromatic nitrogens is 1. The Morgan fingerprint density at radius 2 is 1.79 bits per heavy atom. The van der Waals surface area contributed by atoms with E-state index in [9.17, 15) is 31.1 Å². The molecule has 0 atom stereocenters. The Bertz CT molecular complexity index is 482. The van der Waals surface area contributed by atoms with Crippen LogP contribution in [0.3, 0.4) is 0 Å². The minimum absolute atomic E-state index is 0.0902. The van der Waals surface area contributed by atoms with Gasteiger partial charge in [-0.3, -0.25) is 4.79 Å². The zero-order valence-corrected chi connectivity index (χ0v) is 9.09. The van der Waals surface area contributed by atoms with E-state index < -0.39 is 35.3 Å².